The number of nitrogens with one attached hydrogen (secondary N) is 1. The van der Waals surface area contributed by atoms with Crippen molar-refractivity contribution in [1.29, 1.82) is 0 Å². The monoisotopic (exact) mass is 296 g/mol. The predicted molar refractivity (Wildman–Crippen MR) is 88.9 cm³/mol. The highest BCUT2D eigenvalue weighted by Crippen LogP contribution is 2.25. The van der Waals surface area contributed by atoms with Crippen LogP contribution in [0.1, 0.15) is 45.9 Å². The maximum absolute atomic E-state index is 5.26. The number of ether oxygens (including phenoxy) is 1. The first kappa shape index (κ1) is 18.0. The van der Waals surface area contributed by atoms with Gasteiger partial charge in [0.25, 0.3) is 0 Å². The van der Waals surface area contributed by atoms with Gasteiger partial charge in [-0.2, -0.15) is 5.10 Å². The first-order valence-electron chi connectivity index (χ1n) is 7.70. The van der Waals surface area contributed by atoms with Crippen LogP contribution in [0, 0.1) is 6.92 Å². The topological polar surface area (TPSA) is 42.3 Å². The summed E-state index contributed by atoms with van der Waals surface area (Å²) in [5.74, 6) is 1.19. The third-order valence-electron chi connectivity index (χ3n) is 3.54. The number of methoxy groups -OCH3 is 1. The maximum atomic E-state index is 5.26. The highest BCUT2D eigenvalue weighted by molar-refractivity contribution is 5.51. The highest BCUT2D eigenvalue weighted by atomic mass is 16.5. The number of aryl methyl sites for hydroxylation is 2. The van der Waals surface area contributed by atoms with Crippen molar-refractivity contribution in [1.82, 2.24) is 15.1 Å². The lowest BCUT2D eigenvalue weighted by atomic mass is 10.1. The second kappa shape index (κ2) is 7.27. The minimum atomic E-state index is 0.0920. The molecule has 0 aliphatic heterocycles. The average Bonchev–Trinajstić information content (AvgIpc) is 2.61. The Morgan fingerprint density at radius 2 is 1.95 bits per heavy atom. The van der Waals surface area contributed by atoms with Crippen LogP contribution in [0.25, 0.3) is 0 Å². The van der Waals surface area contributed by atoms with E-state index in [4.69, 9.17) is 4.74 Å². The second-order valence-electron chi connectivity index (χ2n) is 6.89. The van der Waals surface area contributed by atoms with Gasteiger partial charge in [-0.1, -0.05) is 0 Å². The van der Waals surface area contributed by atoms with Crippen LogP contribution in [-0.2, 0) is 18.3 Å². The van der Waals surface area contributed by atoms with E-state index in [1.165, 1.54) is 11.4 Å². The molecule has 0 aliphatic rings. The molecule has 0 aliphatic carbocycles. The molecule has 0 saturated heterocycles. The van der Waals surface area contributed by atoms with Gasteiger partial charge in [-0.05, 0) is 41.5 Å². The normalized spacial score (nSPS) is 12.2. The molecule has 0 amide bonds. The van der Waals surface area contributed by atoms with E-state index in [1.54, 1.807) is 7.11 Å². The van der Waals surface area contributed by atoms with Crippen molar-refractivity contribution < 1.29 is 4.74 Å². The molecule has 0 fully saturated rings. The number of hydrogen-bond donors (Lipinski definition) is 1. The number of rotatable bonds is 7. The van der Waals surface area contributed by atoms with Crippen molar-refractivity contribution >= 4 is 5.82 Å². The number of anilines is 1. The van der Waals surface area contributed by atoms with Crippen LogP contribution in [0.5, 0.6) is 0 Å². The van der Waals surface area contributed by atoms with Crippen LogP contribution in [-0.4, -0.2) is 41.6 Å². The lowest BCUT2D eigenvalue weighted by Crippen LogP contribution is -2.38. The van der Waals surface area contributed by atoms with E-state index in [0.717, 1.165) is 18.8 Å². The van der Waals surface area contributed by atoms with E-state index >= 15 is 0 Å². The Balaban J connectivity index is 3.08. The molecule has 5 heteroatoms. The van der Waals surface area contributed by atoms with Crippen molar-refractivity contribution in [2.24, 2.45) is 7.05 Å². The molecule has 0 radical (unpaired) electrons. The van der Waals surface area contributed by atoms with Gasteiger partial charge in [0.1, 0.15) is 5.82 Å². The molecule has 1 N–H and O–H groups in total. The number of hydrogen-bond acceptors (Lipinski definition) is 4. The molecule has 0 bridgehead atoms. The average molecular weight is 296 g/mol. The molecule has 122 valence electrons. The summed E-state index contributed by atoms with van der Waals surface area (Å²) in [6.45, 7) is 15.5. The standard InChI is InChI=1S/C16H32N4O/c1-12(2)20(9-10-21-8)15-14(11-17-16(4,5)6)13(3)18-19(15)7/h12,17H,9-11H2,1-8H3. The smallest absolute Gasteiger partial charge is 0.131 e. The second-order valence-corrected chi connectivity index (χ2v) is 6.89. The molecular formula is C16H32N4O. The van der Waals surface area contributed by atoms with E-state index in [2.05, 4.69) is 56.9 Å². The molecule has 1 heterocycles. The van der Waals surface area contributed by atoms with Crippen LogP contribution in [0.15, 0.2) is 0 Å². The van der Waals surface area contributed by atoms with Crippen molar-refractivity contribution in [2.45, 2.75) is 59.7 Å². The Kier molecular flexibility index (Phi) is 6.23. The molecule has 0 saturated carbocycles. The van der Waals surface area contributed by atoms with Gasteiger partial charge < -0.3 is 15.0 Å². The summed E-state index contributed by atoms with van der Waals surface area (Å²) in [7, 11) is 3.76. The summed E-state index contributed by atoms with van der Waals surface area (Å²) >= 11 is 0. The van der Waals surface area contributed by atoms with Gasteiger partial charge in [-0.25, -0.2) is 0 Å². The Bertz CT molecular complexity index is 446. The van der Waals surface area contributed by atoms with Gasteiger partial charge in [0.2, 0.25) is 0 Å². The molecular weight excluding hydrogens is 264 g/mol. The third-order valence-corrected chi connectivity index (χ3v) is 3.54. The Morgan fingerprint density at radius 1 is 1.33 bits per heavy atom. The third kappa shape index (κ3) is 5.00. The van der Waals surface area contributed by atoms with E-state index in [9.17, 15) is 0 Å². The summed E-state index contributed by atoms with van der Waals surface area (Å²) in [5, 5.41) is 8.19. The molecule has 0 atom stereocenters. The van der Waals surface area contributed by atoms with Crippen molar-refractivity contribution in [3.05, 3.63) is 11.3 Å². The largest absolute Gasteiger partial charge is 0.383 e. The van der Waals surface area contributed by atoms with Crippen molar-refractivity contribution in [2.75, 3.05) is 25.2 Å². The van der Waals surface area contributed by atoms with E-state index in [1.807, 2.05) is 11.7 Å². The summed E-state index contributed by atoms with van der Waals surface area (Å²) in [6.07, 6.45) is 0. The van der Waals surface area contributed by atoms with Gasteiger partial charge in [0.05, 0.1) is 12.3 Å². The zero-order chi connectivity index (χ0) is 16.2. The van der Waals surface area contributed by atoms with E-state index in [0.29, 0.717) is 12.6 Å². The lowest BCUT2D eigenvalue weighted by molar-refractivity contribution is 0.203. The fourth-order valence-corrected chi connectivity index (χ4v) is 2.41. The Hall–Kier alpha value is -1.07. The molecule has 0 aromatic carbocycles. The van der Waals surface area contributed by atoms with Crippen molar-refractivity contribution in [3.8, 4) is 0 Å². The zero-order valence-corrected chi connectivity index (χ0v) is 14.9. The quantitative estimate of drug-likeness (QED) is 0.839. The Morgan fingerprint density at radius 3 is 2.43 bits per heavy atom. The van der Waals surface area contributed by atoms with Gasteiger partial charge in [-0.15, -0.1) is 0 Å². The molecule has 0 spiro atoms. The van der Waals surface area contributed by atoms with Crippen LogP contribution < -0.4 is 10.2 Å². The number of nitrogens with zero attached hydrogens (tertiary/aromatic N) is 3. The fraction of sp³-hybridized carbons (Fsp3) is 0.812. The van der Waals surface area contributed by atoms with Gasteiger partial charge >= 0.3 is 0 Å². The van der Waals surface area contributed by atoms with Gasteiger partial charge in [0.15, 0.2) is 0 Å². The first-order chi connectivity index (χ1) is 9.67. The number of aromatic nitrogens is 2. The molecule has 21 heavy (non-hydrogen) atoms. The molecule has 1 rings (SSSR count). The minimum absolute atomic E-state index is 0.0920. The molecule has 0 unspecified atom stereocenters. The fourth-order valence-electron chi connectivity index (χ4n) is 2.41. The van der Waals surface area contributed by atoms with Crippen LogP contribution in [0.3, 0.4) is 0 Å². The van der Waals surface area contributed by atoms with E-state index in [-0.39, 0.29) is 5.54 Å². The minimum Gasteiger partial charge on any atom is -0.383 e. The lowest BCUT2D eigenvalue weighted by Gasteiger charge is -2.30. The van der Waals surface area contributed by atoms with Gasteiger partial charge in [-0.3, -0.25) is 4.68 Å². The van der Waals surface area contributed by atoms with Crippen LogP contribution >= 0.6 is 0 Å². The van der Waals surface area contributed by atoms with Crippen molar-refractivity contribution in [3.63, 3.8) is 0 Å². The predicted octanol–water partition coefficient (Wildman–Crippen LogP) is 2.48. The van der Waals surface area contributed by atoms with E-state index < -0.39 is 0 Å². The van der Waals surface area contributed by atoms with Crippen LogP contribution in [0.2, 0.25) is 0 Å². The van der Waals surface area contributed by atoms with Crippen LogP contribution in [0.4, 0.5) is 5.82 Å². The van der Waals surface area contributed by atoms with Gasteiger partial charge in [0, 0.05) is 44.4 Å². The zero-order valence-electron chi connectivity index (χ0n) is 14.9. The summed E-state index contributed by atoms with van der Waals surface area (Å²) < 4.78 is 7.25. The highest BCUT2D eigenvalue weighted by Gasteiger charge is 2.22. The summed E-state index contributed by atoms with van der Waals surface area (Å²) in [4.78, 5) is 2.36. The Labute approximate surface area is 129 Å². The first-order valence-corrected chi connectivity index (χ1v) is 7.70. The molecule has 1 aromatic heterocycles. The summed E-state index contributed by atoms with van der Waals surface area (Å²) in [5.41, 5.74) is 2.46. The maximum Gasteiger partial charge on any atom is 0.131 e. The molecule has 1 aromatic rings. The summed E-state index contributed by atoms with van der Waals surface area (Å²) in [6, 6.07) is 0.406. The SMILES string of the molecule is COCCN(c1c(CNC(C)(C)C)c(C)nn1C)C(C)C. The molecule has 5 nitrogen and oxygen atoms in total.